The van der Waals surface area contributed by atoms with Crippen molar-refractivity contribution >= 4 is 5.91 Å². The van der Waals surface area contributed by atoms with Gasteiger partial charge in [0.15, 0.2) is 0 Å². The summed E-state index contributed by atoms with van der Waals surface area (Å²) in [7, 11) is 0. The summed E-state index contributed by atoms with van der Waals surface area (Å²) in [5, 5.41) is 7.51. The van der Waals surface area contributed by atoms with E-state index in [0.29, 0.717) is 13.1 Å². The van der Waals surface area contributed by atoms with E-state index >= 15 is 0 Å². The lowest BCUT2D eigenvalue weighted by Gasteiger charge is -2.34. The SMILES string of the molecule is Cc1cc(C)n(CCCNC(=O)C2(CN)CCCCC2)n1. The lowest BCUT2D eigenvalue weighted by molar-refractivity contribution is -0.132. The number of amides is 1. The molecule has 0 saturated heterocycles. The highest BCUT2D eigenvalue weighted by atomic mass is 16.2. The average molecular weight is 292 g/mol. The Kier molecular flexibility index (Phi) is 5.39. The van der Waals surface area contributed by atoms with Crippen LogP contribution in [0.4, 0.5) is 0 Å². The standard InChI is InChI=1S/C16H28N4O/c1-13-11-14(2)20(19-13)10-6-9-18-15(21)16(12-17)7-4-3-5-8-16/h11H,3-10,12,17H2,1-2H3,(H,18,21). The molecule has 1 amide bonds. The lowest BCUT2D eigenvalue weighted by Crippen LogP contribution is -2.47. The van der Waals surface area contributed by atoms with E-state index in [0.717, 1.165) is 44.3 Å². The van der Waals surface area contributed by atoms with Crippen LogP contribution in [0.15, 0.2) is 6.07 Å². The molecule has 2 rings (SSSR count). The third kappa shape index (κ3) is 3.84. The van der Waals surface area contributed by atoms with Crippen molar-refractivity contribution in [3.8, 4) is 0 Å². The molecule has 1 heterocycles. The van der Waals surface area contributed by atoms with Gasteiger partial charge in [-0.25, -0.2) is 0 Å². The smallest absolute Gasteiger partial charge is 0.227 e. The number of hydrogen-bond donors (Lipinski definition) is 2. The van der Waals surface area contributed by atoms with Gasteiger partial charge in [-0.2, -0.15) is 5.10 Å². The number of nitrogens with zero attached hydrogens (tertiary/aromatic N) is 2. The fourth-order valence-corrected chi connectivity index (χ4v) is 3.27. The number of nitrogens with one attached hydrogen (secondary N) is 1. The van der Waals surface area contributed by atoms with Crippen LogP contribution < -0.4 is 11.1 Å². The van der Waals surface area contributed by atoms with Crippen molar-refractivity contribution in [1.82, 2.24) is 15.1 Å². The van der Waals surface area contributed by atoms with Crippen molar-refractivity contribution in [2.24, 2.45) is 11.1 Å². The quantitative estimate of drug-likeness (QED) is 0.787. The number of rotatable bonds is 6. The molecule has 1 aliphatic carbocycles. The Hall–Kier alpha value is -1.36. The number of nitrogens with two attached hydrogens (primary N) is 1. The Morgan fingerprint density at radius 1 is 1.38 bits per heavy atom. The Balaban J connectivity index is 1.77. The molecule has 21 heavy (non-hydrogen) atoms. The molecule has 0 aromatic carbocycles. The van der Waals surface area contributed by atoms with Crippen LogP contribution >= 0.6 is 0 Å². The maximum atomic E-state index is 12.4. The molecular formula is C16H28N4O. The van der Waals surface area contributed by atoms with Crippen molar-refractivity contribution in [2.75, 3.05) is 13.1 Å². The molecule has 1 aromatic heterocycles. The number of hydrogen-bond acceptors (Lipinski definition) is 3. The summed E-state index contributed by atoms with van der Waals surface area (Å²) >= 11 is 0. The van der Waals surface area contributed by atoms with E-state index in [-0.39, 0.29) is 11.3 Å². The van der Waals surface area contributed by atoms with Gasteiger partial charge in [0.1, 0.15) is 0 Å². The first-order valence-electron chi connectivity index (χ1n) is 8.07. The van der Waals surface area contributed by atoms with Gasteiger partial charge in [-0.1, -0.05) is 19.3 Å². The van der Waals surface area contributed by atoms with Gasteiger partial charge < -0.3 is 11.1 Å². The zero-order valence-electron chi connectivity index (χ0n) is 13.3. The first-order chi connectivity index (χ1) is 10.1. The molecule has 0 unspecified atom stereocenters. The summed E-state index contributed by atoms with van der Waals surface area (Å²) in [5.41, 5.74) is 7.79. The van der Waals surface area contributed by atoms with E-state index in [9.17, 15) is 4.79 Å². The molecule has 1 aromatic rings. The predicted molar refractivity (Wildman–Crippen MR) is 83.9 cm³/mol. The van der Waals surface area contributed by atoms with Gasteiger partial charge in [0, 0.05) is 25.3 Å². The summed E-state index contributed by atoms with van der Waals surface area (Å²) in [5.74, 6) is 0.151. The predicted octanol–water partition coefficient (Wildman–Crippen LogP) is 1.92. The van der Waals surface area contributed by atoms with Crippen LogP contribution in [-0.4, -0.2) is 28.8 Å². The van der Waals surface area contributed by atoms with E-state index < -0.39 is 0 Å². The molecule has 5 heteroatoms. The Bertz CT molecular complexity index is 475. The molecular weight excluding hydrogens is 264 g/mol. The van der Waals surface area contributed by atoms with E-state index in [1.165, 1.54) is 12.1 Å². The maximum Gasteiger partial charge on any atom is 0.227 e. The molecule has 5 nitrogen and oxygen atoms in total. The van der Waals surface area contributed by atoms with Crippen LogP contribution in [0.1, 0.15) is 49.9 Å². The number of carbonyl (C=O) groups is 1. The second-order valence-corrected chi connectivity index (χ2v) is 6.30. The topological polar surface area (TPSA) is 72.9 Å². The third-order valence-electron chi connectivity index (χ3n) is 4.62. The highest BCUT2D eigenvalue weighted by Gasteiger charge is 2.37. The molecule has 0 radical (unpaired) electrons. The lowest BCUT2D eigenvalue weighted by atomic mass is 9.73. The molecule has 1 aliphatic rings. The average Bonchev–Trinajstić information content (AvgIpc) is 2.82. The van der Waals surface area contributed by atoms with E-state index in [1.54, 1.807) is 0 Å². The fourth-order valence-electron chi connectivity index (χ4n) is 3.27. The van der Waals surface area contributed by atoms with Crippen LogP contribution in [0.25, 0.3) is 0 Å². The van der Waals surface area contributed by atoms with Crippen LogP contribution in [0.3, 0.4) is 0 Å². The zero-order chi connectivity index (χ0) is 15.3. The van der Waals surface area contributed by atoms with Gasteiger partial charge in [-0.05, 0) is 39.2 Å². The van der Waals surface area contributed by atoms with Crippen molar-refractivity contribution in [1.29, 1.82) is 0 Å². The summed E-state index contributed by atoms with van der Waals surface area (Å²) in [6, 6.07) is 2.07. The highest BCUT2D eigenvalue weighted by molar-refractivity contribution is 5.82. The Labute approximate surface area is 127 Å². The van der Waals surface area contributed by atoms with E-state index in [4.69, 9.17) is 5.73 Å². The maximum absolute atomic E-state index is 12.4. The number of aromatic nitrogens is 2. The largest absolute Gasteiger partial charge is 0.356 e. The van der Waals surface area contributed by atoms with Crippen molar-refractivity contribution in [3.63, 3.8) is 0 Å². The molecule has 1 saturated carbocycles. The van der Waals surface area contributed by atoms with Crippen molar-refractivity contribution in [3.05, 3.63) is 17.5 Å². The van der Waals surface area contributed by atoms with Crippen molar-refractivity contribution in [2.45, 2.75) is 58.9 Å². The zero-order valence-corrected chi connectivity index (χ0v) is 13.3. The third-order valence-corrected chi connectivity index (χ3v) is 4.62. The van der Waals surface area contributed by atoms with Gasteiger partial charge in [0.2, 0.25) is 5.91 Å². The monoisotopic (exact) mass is 292 g/mol. The molecule has 0 spiro atoms. The second kappa shape index (κ2) is 7.07. The fraction of sp³-hybridized carbons (Fsp3) is 0.750. The first-order valence-corrected chi connectivity index (χ1v) is 8.07. The minimum absolute atomic E-state index is 0.151. The van der Waals surface area contributed by atoms with Gasteiger partial charge in [-0.3, -0.25) is 9.48 Å². The van der Waals surface area contributed by atoms with Crippen LogP contribution in [-0.2, 0) is 11.3 Å². The van der Waals surface area contributed by atoms with Gasteiger partial charge >= 0.3 is 0 Å². The summed E-state index contributed by atoms with van der Waals surface area (Å²) in [6.45, 7) is 6.06. The Morgan fingerprint density at radius 2 is 2.10 bits per heavy atom. The molecule has 0 aliphatic heterocycles. The summed E-state index contributed by atoms with van der Waals surface area (Å²) in [4.78, 5) is 12.4. The molecule has 1 fully saturated rings. The molecule has 0 atom stereocenters. The van der Waals surface area contributed by atoms with E-state index in [1.807, 2.05) is 11.6 Å². The molecule has 3 N–H and O–H groups in total. The van der Waals surface area contributed by atoms with Crippen LogP contribution in [0.2, 0.25) is 0 Å². The van der Waals surface area contributed by atoms with Gasteiger partial charge in [0.05, 0.1) is 11.1 Å². The first kappa shape index (κ1) is 16.0. The van der Waals surface area contributed by atoms with Crippen LogP contribution in [0, 0.1) is 19.3 Å². The summed E-state index contributed by atoms with van der Waals surface area (Å²) < 4.78 is 2.00. The summed E-state index contributed by atoms with van der Waals surface area (Å²) in [6.07, 6.45) is 6.24. The highest BCUT2D eigenvalue weighted by Crippen LogP contribution is 2.35. The minimum atomic E-state index is -0.309. The Morgan fingerprint density at radius 3 is 2.67 bits per heavy atom. The number of aryl methyl sites for hydroxylation is 3. The van der Waals surface area contributed by atoms with Crippen LogP contribution in [0.5, 0.6) is 0 Å². The van der Waals surface area contributed by atoms with E-state index in [2.05, 4.69) is 23.4 Å². The minimum Gasteiger partial charge on any atom is -0.356 e. The van der Waals surface area contributed by atoms with Crippen molar-refractivity contribution < 1.29 is 4.79 Å². The molecule has 0 bridgehead atoms. The number of carbonyl (C=O) groups excluding carboxylic acids is 1. The van der Waals surface area contributed by atoms with Gasteiger partial charge in [0.25, 0.3) is 0 Å². The normalized spacial score (nSPS) is 17.7. The molecule has 118 valence electrons. The van der Waals surface area contributed by atoms with Gasteiger partial charge in [-0.15, -0.1) is 0 Å². The second-order valence-electron chi connectivity index (χ2n) is 6.30.